The van der Waals surface area contributed by atoms with Crippen LogP contribution in [0.2, 0.25) is 0 Å². The highest BCUT2D eigenvalue weighted by atomic mass is 32.2. The molecule has 0 aliphatic carbocycles. The number of benzene rings is 2. The molecule has 4 aromatic rings. The van der Waals surface area contributed by atoms with Crippen LogP contribution in [0.3, 0.4) is 0 Å². The second-order valence-electron chi connectivity index (χ2n) is 9.52. The van der Waals surface area contributed by atoms with E-state index in [4.69, 9.17) is 4.55 Å². The number of fused-ring (bicyclic) bond motifs is 3. The Morgan fingerprint density at radius 1 is 1.15 bits per heavy atom. The van der Waals surface area contributed by atoms with Crippen LogP contribution < -0.4 is 19.3 Å². The normalized spacial score (nSPS) is 16.1. The van der Waals surface area contributed by atoms with E-state index in [0.717, 1.165) is 48.0 Å². The zero-order chi connectivity index (χ0) is 29.1. The number of thiazole rings is 2. The zero-order valence-corrected chi connectivity index (χ0v) is 25.6. The second kappa shape index (κ2) is 12.5. The van der Waals surface area contributed by atoms with E-state index in [2.05, 4.69) is 17.0 Å². The summed E-state index contributed by atoms with van der Waals surface area (Å²) >= 11 is 4.63. The molecule has 216 valence electrons. The fraction of sp³-hybridized carbons (Fsp3) is 0.321. The Morgan fingerprint density at radius 2 is 1.95 bits per heavy atom. The van der Waals surface area contributed by atoms with Gasteiger partial charge in [-0.2, -0.15) is 13.0 Å². The molecule has 1 fully saturated rings. The van der Waals surface area contributed by atoms with Gasteiger partial charge in [-0.05, 0) is 36.9 Å². The number of allylic oxidation sites excluding steroid dienone is 1. The van der Waals surface area contributed by atoms with Crippen LogP contribution in [0.25, 0.3) is 33.1 Å². The van der Waals surface area contributed by atoms with Gasteiger partial charge in [-0.15, -0.1) is 23.1 Å². The molecule has 2 N–H and O–H groups in total. The maximum Gasteiger partial charge on any atom is 0.309 e. The molecule has 2 aromatic heterocycles. The molecule has 9 nitrogen and oxygen atoms in total. The van der Waals surface area contributed by atoms with Crippen LogP contribution in [0.5, 0.6) is 0 Å². The van der Waals surface area contributed by atoms with Crippen LogP contribution in [-0.2, 0) is 28.0 Å². The lowest BCUT2D eigenvalue weighted by atomic mass is 10.1. The van der Waals surface area contributed by atoms with Gasteiger partial charge in [0.25, 0.3) is 20.7 Å². The van der Waals surface area contributed by atoms with Crippen molar-refractivity contribution in [3.63, 3.8) is 0 Å². The van der Waals surface area contributed by atoms with E-state index in [1.807, 2.05) is 54.0 Å². The maximum atomic E-state index is 13.3. The third kappa shape index (κ3) is 6.75. The van der Waals surface area contributed by atoms with Crippen LogP contribution in [0, 0.1) is 0 Å². The summed E-state index contributed by atoms with van der Waals surface area (Å²) in [6.45, 7) is 4.01. The first-order valence-electron chi connectivity index (χ1n) is 13.2. The SMILES string of the molecule is CCn1c(=Cc2sc3c4ccccc4ccc3[n+]2CCC(=O)O)sc(=CC=C2SCCN2CCCS(=O)(=O)O)c1=O. The third-order valence-corrected chi connectivity index (χ3v) is 10.9. The summed E-state index contributed by atoms with van der Waals surface area (Å²) in [5.41, 5.74) is 0.872. The molecule has 0 saturated carbocycles. The average molecular weight is 633 g/mol. The Kier molecular flexibility index (Phi) is 9.00. The summed E-state index contributed by atoms with van der Waals surface area (Å²) in [4.78, 5) is 26.8. The number of aliphatic carboxylic acids is 1. The lowest BCUT2D eigenvalue weighted by Gasteiger charge is -2.17. The Balaban J connectivity index is 1.56. The largest absolute Gasteiger partial charge is 0.481 e. The van der Waals surface area contributed by atoms with Gasteiger partial charge in [-0.25, -0.2) is 0 Å². The molecule has 0 radical (unpaired) electrons. The van der Waals surface area contributed by atoms with Gasteiger partial charge in [-0.1, -0.05) is 35.6 Å². The molecule has 1 saturated heterocycles. The standard InChI is InChI=1S/C28H29N3O6S4/c1-2-30-24(39-22(28(30)34)10-11-23-29(15-16-38-23)13-5-17-41(35,36)37)18-25-31(14-12-26(32)33)21-9-8-19-6-3-4-7-20(19)27(21)40-25/h3-4,6-11,18H,2,5,12-17H2,1H3,(H-,32,33,35,36,37)/p+1. The number of aromatic nitrogens is 2. The van der Waals surface area contributed by atoms with E-state index in [1.165, 1.54) is 11.3 Å². The highest BCUT2D eigenvalue weighted by molar-refractivity contribution is 8.03. The van der Waals surface area contributed by atoms with Gasteiger partial charge in [0.1, 0.15) is 15.8 Å². The second-order valence-corrected chi connectivity index (χ2v) is 14.3. The number of hydrogen-bond acceptors (Lipinski definition) is 8. The van der Waals surface area contributed by atoms with E-state index in [-0.39, 0.29) is 17.7 Å². The number of nitrogens with zero attached hydrogens (tertiary/aromatic N) is 3. The van der Waals surface area contributed by atoms with E-state index in [0.29, 0.717) is 30.6 Å². The molecule has 13 heteroatoms. The number of aryl methyl sites for hydroxylation is 1. The van der Waals surface area contributed by atoms with Crippen LogP contribution >= 0.6 is 34.4 Å². The van der Waals surface area contributed by atoms with E-state index >= 15 is 0 Å². The fourth-order valence-electron chi connectivity index (χ4n) is 4.86. The first kappa shape index (κ1) is 29.5. The molecule has 3 heterocycles. The number of carboxylic acids is 1. The predicted octanol–water partition coefficient (Wildman–Crippen LogP) is 2.84. The minimum absolute atomic E-state index is 0.0137. The molecule has 0 unspecified atom stereocenters. The van der Waals surface area contributed by atoms with Crippen molar-refractivity contribution in [2.45, 2.75) is 32.9 Å². The summed E-state index contributed by atoms with van der Waals surface area (Å²) in [6, 6.07) is 12.2. The van der Waals surface area contributed by atoms with Gasteiger partial charge >= 0.3 is 5.97 Å². The van der Waals surface area contributed by atoms with Gasteiger partial charge in [-0.3, -0.25) is 18.7 Å². The minimum atomic E-state index is -3.99. The van der Waals surface area contributed by atoms with Crippen molar-refractivity contribution in [2.24, 2.45) is 0 Å². The van der Waals surface area contributed by atoms with Gasteiger partial charge < -0.3 is 10.0 Å². The van der Waals surface area contributed by atoms with Gasteiger partial charge in [0.2, 0.25) is 5.52 Å². The highest BCUT2D eigenvalue weighted by Crippen LogP contribution is 2.30. The minimum Gasteiger partial charge on any atom is -0.481 e. The lowest BCUT2D eigenvalue weighted by molar-refractivity contribution is -0.667. The molecule has 0 bridgehead atoms. The van der Waals surface area contributed by atoms with Crippen molar-refractivity contribution in [3.05, 3.63) is 72.1 Å². The number of rotatable bonds is 10. The number of carbonyl (C=O) groups is 1. The number of carboxylic acid groups (broad SMARTS) is 1. The zero-order valence-electron chi connectivity index (χ0n) is 22.4. The van der Waals surface area contributed by atoms with Crippen LogP contribution in [0.15, 0.2) is 52.3 Å². The summed E-state index contributed by atoms with van der Waals surface area (Å²) in [5.74, 6) is -0.284. The summed E-state index contributed by atoms with van der Waals surface area (Å²) in [5, 5.41) is 13.5. The topological polar surface area (TPSA) is 121 Å². The Morgan fingerprint density at radius 3 is 2.71 bits per heavy atom. The first-order chi connectivity index (χ1) is 19.6. The summed E-state index contributed by atoms with van der Waals surface area (Å²) in [6.07, 6.45) is 6.01. The van der Waals surface area contributed by atoms with Crippen molar-refractivity contribution in [3.8, 4) is 0 Å². The Bertz CT molecular complexity index is 1940. The lowest BCUT2D eigenvalue weighted by Crippen LogP contribution is -2.37. The van der Waals surface area contributed by atoms with Crippen LogP contribution in [0.4, 0.5) is 0 Å². The summed E-state index contributed by atoms with van der Waals surface area (Å²) in [7, 11) is -3.99. The van der Waals surface area contributed by atoms with Crippen molar-refractivity contribution in [1.82, 2.24) is 9.47 Å². The van der Waals surface area contributed by atoms with Crippen molar-refractivity contribution in [2.75, 3.05) is 24.6 Å². The van der Waals surface area contributed by atoms with Gasteiger partial charge in [0, 0.05) is 36.8 Å². The molecule has 41 heavy (non-hydrogen) atoms. The van der Waals surface area contributed by atoms with Crippen molar-refractivity contribution in [1.29, 1.82) is 0 Å². The average Bonchev–Trinajstić information content (AvgIpc) is 3.60. The smallest absolute Gasteiger partial charge is 0.309 e. The maximum absolute atomic E-state index is 13.3. The molecule has 1 aliphatic heterocycles. The highest BCUT2D eigenvalue weighted by Gasteiger charge is 2.22. The monoisotopic (exact) mass is 632 g/mol. The fourth-order valence-corrected chi connectivity index (χ4v) is 8.79. The molecule has 5 rings (SSSR count). The first-order valence-corrected chi connectivity index (χ1v) is 17.4. The quantitative estimate of drug-likeness (QED) is 0.202. The molecular formula is C28H30N3O6S4+. The van der Waals surface area contributed by atoms with E-state index in [9.17, 15) is 23.1 Å². The summed E-state index contributed by atoms with van der Waals surface area (Å²) < 4.78 is 37.4. The number of thioether (sulfide) groups is 1. The van der Waals surface area contributed by atoms with Crippen molar-refractivity contribution < 1.29 is 27.4 Å². The Hall–Kier alpha value is -2.97. The third-order valence-electron chi connectivity index (χ3n) is 6.80. The Labute approximate surface area is 249 Å². The van der Waals surface area contributed by atoms with Crippen LogP contribution in [0.1, 0.15) is 24.8 Å². The van der Waals surface area contributed by atoms with Gasteiger partial charge in [0.05, 0.1) is 21.4 Å². The van der Waals surface area contributed by atoms with Crippen LogP contribution in [-0.4, -0.2) is 58.1 Å². The van der Waals surface area contributed by atoms with E-state index in [1.54, 1.807) is 27.7 Å². The molecular weight excluding hydrogens is 603 g/mol. The molecule has 0 atom stereocenters. The van der Waals surface area contributed by atoms with Crippen molar-refractivity contribution >= 4 is 83.7 Å². The molecule has 0 amide bonds. The molecule has 1 aliphatic rings. The van der Waals surface area contributed by atoms with E-state index < -0.39 is 16.1 Å². The van der Waals surface area contributed by atoms with Gasteiger partial charge in [0.15, 0.2) is 6.54 Å². The molecule has 2 aromatic carbocycles. The molecule has 0 spiro atoms. The number of hydrogen-bond donors (Lipinski definition) is 2. The predicted molar refractivity (Wildman–Crippen MR) is 166 cm³/mol.